The second-order valence-electron chi connectivity index (χ2n) is 6.54. The monoisotopic (exact) mass is 441 g/mol. The molecule has 1 heterocycles. The van der Waals surface area contributed by atoms with Gasteiger partial charge in [-0.2, -0.15) is 0 Å². The van der Waals surface area contributed by atoms with Gasteiger partial charge in [-0.15, -0.1) is 0 Å². The van der Waals surface area contributed by atoms with Gasteiger partial charge >= 0.3 is 0 Å². The number of anilines is 2. The molecule has 30 heavy (non-hydrogen) atoms. The number of carbonyl (C=O) groups is 1. The van der Waals surface area contributed by atoms with Crippen LogP contribution in [0.1, 0.15) is 15.9 Å². The first kappa shape index (κ1) is 20.0. The Morgan fingerprint density at radius 2 is 1.73 bits per heavy atom. The van der Waals surface area contributed by atoms with Crippen LogP contribution < -0.4 is 10.0 Å². The Hall–Kier alpha value is -3.30. The number of halogens is 1. The third kappa shape index (κ3) is 4.17. The molecule has 1 amide bonds. The molecule has 1 aromatic heterocycles. The number of thiazole rings is 1. The van der Waals surface area contributed by atoms with E-state index in [-0.39, 0.29) is 10.8 Å². The van der Waals surface area contributed by atoms with Gasteiger partial charge in [0, 0.05) is 5.56 Å². The number of aryl methyl sites for hydroxylation is 1. The molecule has 9 heteroatoms. The minimum atomic E-state index is -3.87. The Morgan fingerprint density at radius 3 is 2.43 bits per heavy atom. The molecular weight excluding hydrogens is 425 g/mol. The predicted molar refractivity (Wildman–Crippen MR) is 116 cm³/mol. The molecular formula is C21H16FN3O3S2. The van der Waals surface area contributed by atoms with Crippen molar-refractivity contribution in [3.63, 3.8) is 0 Å². The van der Waals surface area contributed by atoms with Crippen LogP contribution in [-0.4, -0.2) is 19.3 Å². The van der Waals surface area contributed by atoms with E-state index in [2.05, 4.69) is 15.0 Å². The van der Waals surface area contributed by atoms with Crippen molar-refractivity contribution in [2.45, 2.75) is 11.8 Å². The van der Waals surface area contributed by atoms with Gasteiger partial charge in [-0.1, -0.05) is 29.5 Å². The van der Waals surface area contributed by atoms with Gasteiger partial charge in [-0.3, -0.25) is 14.8 Å². The Balaban J connectivity index is 1.60. The van der Waals surface area contributed by atoms with E-state index in [0.717, 1.165) is 22.4 Å². The number of rotatable bonds is 5. The third-order valence-electron chi connectivity index (χ3n) is 4.32. The summed E-state index contributed by atoms with van der Waals surface area (Å²) >= 11 is 1.24. The summed E-state index contributed by atoms with van der Waals surface area (Å²) in [5, 5.41) is 3.19. The Labute approximate surface area is 176 Å². The number of hydrogen-bond donors (Lipinski definition) is 2. The molecule has 0 atom stereocenters. The number of carbonyl (C=O) groups excluding carboxylic acids is 1. The minimum absolute atomic E-state index is 0.0400. The van der Waals surface area contributed by atoms with E-state index in [1.807, 2.05) is 6.07 Å². The number of sulfonamides is 1. The summed E-state index contributed by atoms with van der Waals surface area (Å²) < 4.78 is 41.4. The maximum atomic E-state index is 13.1. The molecule has 0 spiro atoms. The fourth-order valence-corrected chi connectivity index (χ4v) is 4.91. The van der Waals surface area contributed by atoms with Crippen molar-refractivity contribution in [3.05, 3.63) is 83.7 Å². The van der Waals surface area contributed by atoms with Crippen LogP contribution in [0.3, 0.4) is 0 Å². The van der Waals surface area contributed by atoms with Crippen LogP contribution in [0.5, 0.6) is 0 Å². The highest BCUT2D eigenvalue weighted by Gasteiger charge is 2.17. The number of fused-ring (bicyclic) bond motifs is 1. The predicted octanol–water partition coefficient (Wildman–Crippen LogP) is 4.80. The molecule has 0 saturated heterocycles. The number of nitrogens with zero attached hydrogens (tertiary/aromatic N) is 1. The zero-order valence-corrected chi connectivity index (χ0v) is 17.4. The van der Waals surface area contributed by atoms with Crippen molar-refractivity contribution in [2.24, 2.45) is 0 Å². The lowest BCUT2D eigenvalue weighted by Crippen LogP contribution is -2.13. The van der Waals surface area contributed by atoms with E-state index < -0.39 is 15.8 Å². The largest absolute Gasteiger partial charge is 0.298 e. The van der Waals surface area contributed by atoms with Crippen molar-refractivity contribution < 1.29 is 17.6 Å². The molecule has 0 aliphatic carbocycles. The van der Waals surface area contributed by atoms with Crippen molar-refractivity contribution in [3.8, 4) is 0 Å². The van der Waals surface area contributed by atoms with Crippen LogP contribution >= 0.6 is 11.3 Å². The van der Waals surface area contributed by atoms with E-state index in [4.69, 9.17) is 0 Å². The van der Waals surface area contributed by atoms with Crippen LogP contribution in [0.2, 0.25) is 0 Å². The molecule has 6 nitrogen and oxygen atoms in total. The highest BCUT2D eigenvalue weighted by molar-refractivity contribution is 7.92. The SMILES string of the molecule is Cc1cc(NS(=O)(=O)c2ccc(F)cc2)cc2sc(NC(=O)c3ccccc3)nc12. The van der Waals surface area contributed by atoms with Crippen LogP contribution in [0.4, 0.5) is 15.2 Å². The smallest absolute Gasteiger partial charge is 0.261 e. The summed E-state index contributed by atoms with van der Waals surface area (Å²) in [7, 11) is -3.87. The van der Waals surface area contributed by atoms with Crippen molar-refractivity contribution in [2.75, 3.05) is 10.0 Å². The van der Waals surface area contributed by atoms with Crippen LogP contribution in [-0.2, 0) is 10.0 Å². The van der Waals surface area contributed by atoms with E-state index in [1.165, 1.54) is 23.5 Å². The molecule has 3 aromatic carbocycles. The third-order valence-corrected chi connectivity index (χ3v) is 6.63. The fraction of sp³-hybridized carbons (Fsp3) is 0.0476. The van der Waals surface area contributed by atoms with E-state index in [9.17, 15) is 17.6 Å². The summed E-state index contributed by atoms with van der Waals surface area (Å²) in [6.07, 6.45) is 0. The van der Waals surface area contributed by atoms with Crippen LogP contribution in [0.15, 0.2) is 71.6 Å². The van der Waals surface area contributed by atoms with Gasteiger partial charge in [0.15, 0.2) is 5.13 Å². The normalized spacial score (nSPS) is 11.4. The summed E-state index contributed by atoms with van der Waals surface area (Å²) in [5.41, 5.74) is 2.30. The fourth-order valence-electron chi connectivity index (χ4n) is 2.90. The van der Waals surface area contributed by atoms with Gasteiger partial charge < -0.3 is 0 Å². The number of nitrogens with one attached hydrogen (secondary N) is 2. The molecule has 0 radical (unpaired) electrons. The van der Waals surface area contributed by atoms with Gasteiger partial charge in [-0.25, -0.2) is 17.8 Å². The molecule has 0 fully saturated rings. The minimum Gasteiger partial charge on any atom is -0.298 e. The average molecular weight is 442 g/mol. The standard InChI is InChI=1S/C21H16FN3O3S2/c1-13-11-16(25-30(27,28)17-9-7-15(22)8-10-17)12-18-19(13)23-21(29-18)24-20(26)14-5-3-2-4-6-14/h2-12,25H,1H3,(H,23,24,26). The second kappa shape index (κ2) is 7.85. The van der Waals surface area contributed by atoms with Gasteiger partial charge in [-0.05, 0) is 61.0 Å². The summed E-state index contributed by atoms with van der Waals surface area (Å²) in [4.78, 5) is 16.8. The zero-order valence-electron chi connectivity index (χ0n) is 15.7. The molecule has 4 rings (SSSR count). The van der Waals surface area contributed by atoms with Gasteiger partial charge in [0.05, 0.1) is 20.8 Å². The molecule has 4 aromatic rings. The number of benzene rings is 3. The second-order valence-corrected chi connectivity index (χ2v) is 9.25. The Morgan fingerprint density at radius 1 is 1.03 bits per heavy atom. The summed E-state index contributed by atoms with van der Waals surface area (Å²) in [6, 6.07) is 16.7. The molecule has 0 bridgehead atoms. The molecule has 0 saturated carbocycles. The average Bonchev–Trinajstić information content (AvgIpc) is 3.11. The summed E-state index contributed by atoms with van der Waals surface area (Å²) in [6.45, 7) is 1.81. The zero-order chi connectivity index (χ0) is 21.3. The van der Waals surface area contributed by atoms with Gasteiger partial charge in [0.2, 0.25) is 0 Å². The molecule has 152 valence electrons. The topological polar surface area (TPSA) is 88.2 Å². The van der Waals surface area contributed by atoms with Crippen molar-refractivity contribution in [1.82, 2.24) is 4.98 Å². The number of aromatic nitrogens is 1. The number of amides is 1. The lowest BCUT2D eigenvalue weighted by Gasteiger charge is -2.09. The van der Waals surface area contributed by atoms with Crippen molar-refractivity contribution in [1.29, 1.82) is 0 Å². The maximum absolute atomic E-state index is 13.1. The lowest BCUT2D eigenvalue weighted by molar-refractivity contribution is 0.102. The van der Waals surface area contributed by atoms with E-state index in [0.29, 0.717) is 21.9 Å². The van der Waals surface area contributed by atoms with Crippen molar-refractivity contribution >= 4 is 48.3 Å². The maximum Gasteiger partial charge on any atom is 0.261 e. The van der Waals surface area contributed by atoms with Crippen LogP contribution in [0, 0.1) is 12.7 Å². The Bertz CT molecular complexity index is 1340. The first-order valence-electron chi connectivity index (χ1n) is 8.88. The highest BCUT2D eigenvalue weighted by Crippen LogP contribution is 2.32. The van der Waals surface area contributed by atoms with Gasteiger partial charge in [0.1, 0.15) is 5.82 Å². The van der Waals surface area contributed by atoms with Gasteiger partial charge in [0.25, 0.3) is 15.9 Å². The highest BCUT2D eigenvalue weighted by atomic mass is 32.2. The quantitative estimate of drug-likeness (QED) is 0.466. The lowest BCUT2D eigenvalue weighted by atomic mass is 10.2. The number of hydrogen-bond acceptors (Lipinski definition) is 5. The van der Waals surface area contributed by atoms with E-state index in [1.54, 1.807) is 43.3 Å². The first-order chi connectivity index (χ1) is 14.3. The van der Waals surface area contributed by atoms with Crippen LogP contribution in [0.25, 0.3) is 10.2 Å². The first-order valence-corrected chi connectivity index (χ1v) is 11.2. The molecule has 2 N–H and O–H groups in total. The summed E-state index contributed by atoms with van der Waals surface area (Å²) in [5.74, 6) is -0.787. The molecule has 0 unspecified atom stereocenters. The van der Waals surface area contributed by atoms with E-state index >= 15 is 0 Å². The molecule has 0 aliphatic rings. The Kier molecular flexibility index (Phi) is 5.23. The molecule has 0 aliphatic heterocycles.